The first-order valence-corrected chi connectivity index (χ1v) is 7.56. The molecule has 6 heteroatoms. The second-order valence-electron chi connectivity index (χ2n) is 5.34. The lowest BCUT2D eigenvalue weighted by Gasteiger charge is -2.10. The molecule has 3 aromatic rings. The molecule has 0 spiro atoms. The summed E-state index contributed by atoms with van der Waals surface area (Å²) in [5, 5.41) is 12.5. The molecule has 1 heterocycles. The Labute approximate surface area is 138 Å². The SMILES string of the molecule is O=C(Cc1ccccc1)Nc1cc(NCc2ccn[nH]2)ccc1F. The zero-order chi connectivity index (χ0) is 16.8. The summed E-state index contributed by atoms with van der Waals surface area (Å²) in [7, 11) is 0. The van der Waals surface area contributed by atoms with Crippen molar-refractivity contribution in [2.75, 3.05) is 10.6 Å². The van der Waals surface area contributed by atoms with Crippen molar-refractivity contribution < 1.29 is 9.18 Å². The molecule has 0 atom stereocenters. The Morgan fingerprint density at radius 2 is 1.96 bits per heavy atom. The summed E-state index contributed by atoms with van der Waals surface area (Å²) in [4.78, 5) is 12.1. The molecule has 0 unspecified atom stereocenters. The lowest BCUT2D eigenvalue weighted by atomic mass is 10.1. The molecule has 0 aliphatic rings. The first-order valence-electron chi connectivity index (χ1n) is 7.56. The van der Waals surface area contributed by atoms with Gasteiger partial charge in [-0.05, 0) is 29.8 Å². The van der Waals surface area contributed by atoms with Crippen molar-refractivity contribution in [1.82, 2.24) is 10.2 Å². The predicted octanol–water partition coefficient (Wildman–Crippen LogP) is 3.34. The molecule has 24 heavy (non-hydrogen) atoms. The van der Waals surface area contributed by atoms with Gasteiger partial charge < -0.3 is 10.6 Å². The number of nitrogens with zero attached hydrogens (tertiary/aromatic N) is 1. The van der Waals surface area contributed by atoms with Crippen LogP contribution in [0.15, 0.2) is 60.8 Å². The molecule has 3 N–H and O–H groups in total. The molecule has 0 aliphatic heterocycles. The van der Waals surface area contributed by atoms with Gasteiger partial charge in [-0.25, -0.2) is 4.39 Å². The third kappa shape index (κ3) is 4.19. The molecule has 2 aromatic carbocycles. The maximum atomic E-state index is 13.9. The van der Waals surface area contributed by atoms with Gasteiger partial charge in [0.05, 0.1) is 24.3 Å². The number of carbonyl (C=O) groups is 1. The van der Waals surface area contributed by atoms with Gasteiger partial charge in [-0.15, -0.1) is 0 Å². The van der Waals surface area contributed by atoms with Crippen LogP contribution in [0.3, 0.4) is 0 Å². The maximum absolute atomic E-state index is 13.9. The van der Waals surface area contributed by atoms with Crippen LogP contribution >= 0.6 is 0 Å². The smallest absolute Gasteiger partial charge is 0.228 e. The van der Waals surface area contributed by atoms with Crippen molar-refractivity contribution >= 4 is 17.3 Å². The summed E-state index contributed by atoms with van der Waals surface area (Å²) in [5.41, 5.74) is 2.66. The minimum atomic E-state index is -0.469. The molecular formula is C18H17FN4O. The van der Waals surface area contributed by atoms with Crippen LogP contribution in [0, 0.1) is 5.82 Å². The molecule has 5 nitrogen and oxygen atoms in total. The third-order valence-electron chi connectivity index (χ3n) is 3.49. The number of nitrogens with one attached hydrogen (secondary N) is 3. The summed E-state index contributed by atoms with van der Waals surface area (Å²) in [6.45, 7) is 0.531. The predicted molar refractivity (Wildman–Crippen MR) is 91.1 cm³/mol. The Hall–Kier alpha value is -3.15. The Morgan fingerprint density at radius 1 is 1.12 bits per heavy atom. The van der Waals surface area contributed by atoms with Gasteiger partial charge in [0.15, 0.2) is 0 Å². The molecule has 3 rings (SSSR count). The van der Waals surface area contributed by atoms with E-state index in [1.165, 1.54) is 6.07 Å². The number of H-pyrrole nitrogens is 1. The fourth-order valence-corrected chi connectivity index (χ4v) is 2.29. The topological polar surface area (TPSA) is 69.8 Å². The Balaban J connectivity index is 1.64. The van der Waals surface area contributed by atoms with E-state index >= 15 is 0 Å². The van der Waals surface area contributed by atoms with Crippen molar-refractivity contribution in [1.29, 1.82) is 0 Å². The second kappa shape index (κ2) is 7.41. The van der Waals surface area contributed by atoms with E-state index < -0.39 is 5.82 Å². The van der Waals surface area contributed by atoms with E-state index in [0.29, 0.717) is 12.2 Å². The van der Waals surface area contributed by atoms with E-state index in [-0.39, 0.29) is 18.0 Å². The van der Waals surface area contributed by atoms with E-state index in [9.17, 15) is 9.18 Å². The zero-order valence-electron chi connectivity index (χ0n) is 12.9. The molecule has 122 valence electrons. The van der Waals surface area contributed by atoms with Gasteiger partial charge >= 0.3 is 0 Å². The molecule has 0 radical (unpaired) electrons. The van der Waals surface area contributed by atoms with Crippen molar-refractivity contribution in [3.8, 4) is 0 Å². The van der Waals surface area contributed by atoms with Crippen LogP contribution in [0.4, 0.5) is 15.8 Å². The van der Waals surface area contributed by atoms with Gasteiger partial charge in [0.25, 0.3) is 0 Å². The molecule has 1 aromatic heterocycles. The number of amides is 1. The highest BCUT2D eigenvalue weighted by atomic mass is 19.1. The van der Waals surface area contributed by atoms with Gasteiger partial charge in [-0.3, -0.25) is 9.89 Å². The largest absolute Gasteiger partial charge is 0.379 e. The molecule has 0 saturated carbocycles. The van der Waals surface area contributed by atoms with Gasteiger partial charge in [-0.1, -0.05) is 30.3 Å². The average molecular weight is 324 g/mol. The summed E-state index contributed by atoms with van der Waals surface area (Å²) < 4.78 is 13.9. The fourth-order valence-electron chi connectivity index (χ4n) is 2.29. The first kappa shape index (κ1) is 15.7. The number of aromatic nitrogens is 2. The number of benzene rings is 2. The van der Waals surface area contributed by atoms with Crippen LogP contribution < -0.4 is 10.6 Å². The van der Waals surface area contributed by atoms with Crippen LogP contribution in [0.5, 0.6) is 0 Å². The van der Waals surface area contributed by atoms with Crippen LogP contribution in [0.1, 0.15) is 11.3 Å². The quantitative estimate of drug-likeness (QED) is 0.651. The van der Waals surface area contributed by atoms with E-state index in [1.807, 2.05) is 36.4 Å². The normalized spacial score (nSPS) is 10.4. The molecular weight excluding hydrogens is 307 g/mol. The van der Waals surface area contributed by atoms with E-state index in [0.717, 1.165) is 11.3 Å². The number of aromatic amines is 1. The summed E-state index contributed by atoms with van der Waals surface area (Å²) in [5.74, 6) is -0.727. The summed E-state index contributed by atoms with van der Waals surface area (Å²) in [6, 6.07) is 15.7. The number of hydrogen-bond acceptors (Lipinski definition) is 3. The first-order chi connectivity index (χ1) is 11.7. The molecule has 0 saturated heterocycles. The lowest BCUT2D eigenvalue weighted by Crippen LogP contribution is -2.15. The number of anilines is 2. The number of halogens is 1. The van der Waals surface area contributed by atoms with Crippen LogP contribution in [-0.4, -0.2) is 16.1 Å². The lowest BCUT2D eigenvalue weighted by molar-refractivity contribution is -0.115. The van der Waals surface area contributed by atoms with E-state index in [1.54, 1.807) is 18.3 Å². The second-order valence-corrected chi connectivity index (χ2v) is 5.34. The van der Waals surface area contributed by atoms with E-state index in [2.05, 4.69) is 20.8 Å². The molecule has 1 amide bonds. The van der Waals surface area contributed by atoms with Gasteiger partial charge in [0, 0.05) is 11.9 Å². The van der Waals surface area contributed by atoms with Crippen molar-refractivity contribution in [3.63, 3.8) is 0 Å². The van der Waals surface area contributed by atoms with Gasteiger partial charge in [-0.2, -0.15) is 5.10 Å². The maximum Gasteiger partial charge on any atom is 0.228 e. The fraction of sp³-hybridized carbons (Fsp3) is 0.111. The third-order valence-corrected chi connectivity index (χ3v) is 3.49. The highest BCUT2D eigenvalue weighted by Crippen LogP contribution is 2.20. The zero-order valence-corrected chi connectivity index (χ0v) is 12.9. The summed E-state index contributed by atoms with van der Waals surface area (Å²) >= 11 is 0. The Morgan fingerprint density at radius 3 is 2.71 bits per heavy atom. The monoisotopic (exact) mass is 324 g/mol. The Bertz CT molecular complexity index is 803. The van der Waals surface area contributed by atoms with Crippen LogP contribution in [0.2, 0.25) is 0 Å². The average Bonchev–Trinajstić information content (AvgIpc) is 3.10. The standard InChI is InChI=1S/C18H17FN4O/c19-16-7-6-14(20-12-15-8-9-21-23-15)11-17(16)22-18(24)10-13-4-2-1-3-5-13/h1-9,11,20H,10,12H2,(H,21,23)(H,22,24). The van der Waals surface area contributed by atoms with Crippen molar-refractivity contribution in [2.24, 2.45) is 0 Å². The van der Waals surface area contributed by atoms with Crippen LogP contribution in [0.25, 0.3) is 0 Å². The van der Waals surface area contributed by atoms with Crippen molar-refractivity contribution in [2.45, 2.75) is 13.0 Å². The minimum absolute atomic E-state index is 0.158. The van der Waals surface area contributed by atoms with Crippen LogP contribution in [-0.2, 0) is 17.8 Å². The Kier molecular flexibility index (Phi) is 4.86. The van der Waals surface area contributed by atoms with Gasteiger partial charge in [0.2, 0.25) is 5.91 Å². The minimum Gasteiger partial charge on any atom is -0.379 e. The highest BCUT2D eigenvalue weighted by Gasteiger charge is 2.09. The van der Waals surface area contributed by atoms with Crippen molar-refractivity contribution in [3.05, 3.63) is 77.9 Å². The summed E-state index contributed by atoms with van der Waals surface area (Å²) in [6.07, 6.45) is 1.86. The molecule has 0 fully saturated rings. The van der Waals surface area contributed by atoms with Gasteiger partial charge in [0.1, 0.15) is 5.82 Å². The van der Waals surface area contributed by atoms with E-state index in [4.69, 9.17) is 0 Å². The highest BCUT2D eigenvalue weighted by molar-refractivity contribution is 5.92. The number of rotatable bonds is 6. The number of carbonyl (C=O) groups excluding carboxylic acids is 1. The molecule has 0 bridgehead atoms. The number of hydrogen-bond donors (Lipinski definition) is 3. The molecule has 0 aliphatic carbocycles.